The number of amides is 3. The van der Waals surface area contributed by atoms with Crippen molar-refractivity contribution in [1.82, 2.24) is 9.80 Å². The van der Waals surface area contributed by atoms with Gasteiger partial charge in [0, 0.05) is 25.4 Å². The molecule has 9 nitrogen and oxygen atoms in total. The van der Waals surface area contributed by atoms with E-state index in [1.54, 1.807) is 22.1 Å². The summed E-state index contributed by atoms with van der Waals surface area (Å²) in [5.41, 5.74) is 2.67. The van der Waals surface area contributed by atoms with Crippen molar-refractivity contribution < 1.29 is 28.2 Å². The highest BCUT2D eigenvalue weighted by atomic mass is 16.7. The van der Waals surface area contributed by atoms with E-state index in [0.29, 0.717) is 37.0 Å². The maximum atomic E-state index is 13.7. The molecule has 0 saturated carbocycles. The molecule has 5 rings (SSSR count). The molecule has 0 spiro atoms. The fraction of sp³-hybridized carbons (Fsp3) is 0.379. The van der Waals surface area contributed by atoms with Crippen molar-refractivity contribution in [2.24, 2.45) is 0 Å². The van der Waals surface area contributed by atoms with Gasteiger partial charge >= 0.3 is 6.03 Å². The van der Waals surface area contributed by atoms with E-state index < -0.39 is 0 Å². The summed E-state index contributed by atoms with van der Waals surface area (Å²) in [7, 11) is 0. The number of rotatable bonds is 10. The van der Waals surface area contributed by atoms with Crippen LogP contribution >= 0.6 is 0 Å². The molecule has 1 N–H and O–H groups in total. The molecule has 0 bridgehead atoms. The van der Waals surface area contributed by atoms with Crippen molar-refractivity contribution in [3.63, 3.8) is 0 Å². The van der Waals surface area contributed by atoms with Crippen LogP contribution in [0.2, 0.25) is 0 Å². The van der Waals surface area contributed by atoms with E-state index in [1.807, 2.05) is 55.5 Å². The molecule has 2 aliphatic rings. The lowest BCUT2D eigenvalue weighted by Crippen LogP contribution is -2.47. The third kappa shape index (κ3) is 6.28. The second kappa shape index (κ2) is 12.0. The lowest BCUT2D eigenvalue weighted by molar-refractivity contribution is -0.133. The summed E-state index contributed by atoms with van der Waals surface area (Å²) in [6.45, 7) is 3.74. The Bertz CT molecular complexity index is 1240. The topological polar surface area (TPSA) is 93.5 Å². The van der Waals surface area contributed by atoms with Gasteiger partial charge < -0.3 is 33.7 Å². The van der Waals surface area contributed by atoms with Crippen molar-refractivity contribution in [3.05, 3.63) is 77.7 Å². The Morgan fingerprint density at radius 1 is 1.00 bits per heavy atom. The first-order valence-corrected chi connectivity index (χ1v) is 13.0. The molecular weight excluding hydrogens is 486 g/mol. The van der Waals surface area contributed by atoms with E-state index in [-0.39, 0.29) is 37.9 Å². The molecule has 3 aromatic rings. The SMILES string of the molecule is CCc1ccccc1NC(=O)N(CC(=O)N(Cc1ccc2c(c1)OCO2)Cc1ccco1)CC1CCCO1. The minimum absolute atomic E-state index is 0.0920. The first-order chi connectivity index (χ1) is 18.6. The van der Waals surface area contributed by atoms with Crippen LogP contribution in [0.1, 0.15) is 36.7 Å². The molecular formula is C29H33N3O6. The van der Waals surface area contributed by atoms with Gasteiger partial charge in [0.05, 0.1) is 18.9 Å². The molecule has 9 heteroatoms. The van der Waals surface area contributed by atoms with Crippen LogP contribution in [0.4, 0.5) is 10.5 Å². The monoisotopic (exact) mass is 519 g/mol. The summed E-state index contributed by atoms with van der Waals surface area (Å²) in [6.07, 6.45) is 4.08. The largest absolute Gasteiger partial charge is 0.467 e. The van der Waals surface area contributed by atoms with E-state index in [2.05, 4.69) is 5.32 Å². The van der Waals surface area contributed by atoms with Crippen LogP contribution in [0.3, 0.4) is 0 Å². The smallest absolute Gasteiger partial charge is 0.322 e. The van der Waals surface area contributed by atoms with Crippen molar-refractivity contribution in [2.45, 2.75) is 45.4 Å². The zero-order valence-corrected chi connectivity index (χ0v) is 21.6. The van der Waals surface area contributed by atoms with Gasteiger partial charge in [-0.3, -0.25) is 4.79 Å². The number of ether oxygens (including phenoxy) is 3. The van der Waals surface area contributed by atoms with E-state index >= 15 is 0 Å². The van der Waals surface area contributed by atoms with Gasteiger partial charge in [-0.25, -0.2) is 4.79 Å². The Labute approximate surface area is 222 Å². The van der Waals surface area contributed by atoms with Gasteiger partial charge in [0.2, 0.25) is 12.7 Å². The Morgan fingerprint density at radius 2 is 1.87 bits per heavy atom. The first kappa shape index (κ1) is 25.7. The van der Waals surface area contributed by atoms with Crippen molar-refractivity contribution in [2.75, 3.05) is 31.8 Å². The molecule has 38 heavy (non-hydrogen) atoms. The average Bonchev–Trinajstić information content (AvgIpc) is 3.71. The number of fused-ring (bicyclic) bond motifs is 1. The van der Waals surface area contributed by atoms with Crippen LogP contribution in [-0.4, -0.2) is 54.3 Å². The fourth-order valence-electron chi connectivity index (χ4n) is 4.74. The maximum Gasteiger partial charge on any atom is 0.322 e. The predicted octanol–water partition coefficient (Wildman–Crippen LogP) is 4.81. The Kier molecular flexibility index (Phi) is 8.13. The number of anilines is 1. The quantitative estimate of drug-likeness (QED) is 0.413. The van der Waals surface area contributed by atoms with Gasteiger partial charge in [-0.1, -0.05) is 31.2 Å². The number of carbonyl (C=O) groups is 2. The van der Waals surface area contributed by atoms with Crippen LogP contribution in [0.5, 0.6) is 11.5 Å². The van der Waals surface area contributed by atoms with Crippen LogP contribution < -0.4 is 14.8 Å². The summed E-state index contributed by atoms with van der Waals surface area (Å²) >= 11 is 0. The van der Waals surface area contributed by atoms with Gasteiger partial charge in [-0.05, 0) is 60.7 Å². The average molecular weight is 520 g/mol. The number of aryl methyl sites for hydroxylation is 1. The van der Waals surface area contributed by atoms with Crippen molar-refractivity contribution in [1.29, 1.82) is 0 Å². The number of para-hydroxylation sites is 1. The molecule has 1 atom stereocenters. The molecule has 200 valence electrons. The van der Waals surface area contributed by atoms with E-state index in [9.17, 15) is 9.59 Å². The second-order valence-corrected chi connectivity index (χ2v) is 9.47. The molecule has 0 aliphatic carbocycles. The second-order valence-electron chi connectivity index (χ2n) is 9.47. The van der Waals surface area contributed by atoms with Gasteiger partial charge in [0.1, 0.15) is 12.3 Å². The number of carbonyl (C=O) groups excluding carboxylic acids is 2. The molecule has 1 aromatic heterocycles. The zero-order chi connectivity index (χ0) is 26.3. The molecule has 1 fully saturated rings. The number of urea groups is 1. The van der Waals surface area contributed by atoms with Gasteiger partial charge in [-0.2, -0.15) is 0 Å². The molecule has 0 radical (unpaired) electrons. The third-order valence-corrected chi connectivity index (χ3v) is 6.79. The van der Waals surface area contributed by atoms with Crippen LogP contribution in [0.15, 0.2) is 65.3 Å². The minimum atomic E-state index is -0.323. The van der Waals surface area contributed by atoms with Crippen LogP contribution in [-0.2, 0) is 29.0 Å². The molecule has 1 unspecified atom stereocenters. The maximum absolute atomic E-state index is 13.7. The van der Waals surface area contributed by atoms with E-state index in [1.165, 1.54) is 0 Å². The summed E-state index contributed by atoms with van der Waals surface area (Å²) < 4.78 is 22.3. The molecule has 3 heterocycles. The molecule has 2 aromatic carbocycles. The van der Waals surface area contributed by atoms with Gasteiger partial charge in [0.25, 0.3) is 0 Å². The summed E-state index contributed by atoms with van der Waals surface area (Å²) in [4.78, 5) is 30.4. The number of benzene rings is 2. The molecule has 3 amide bonds. The minimum Gasteiger partial charge on any atom is -0.467 e. The lowest BCUT2D eigenvalue weighted by atomic mass is 10.1. The number of nitrogens with zero attached hydrogens (tertiary/aromatic N) is 2. The Balaban J connectivity index is 1.34. The summed E-state index contributed by atoms with van der Waals surface area (Å²) in [5, 5.41) is 3.02. The van der Waals surface area contributed by atoms with Gasteiger partial charge in [-0.15, -0.1) is 0 Å². The zero-order valence-electron chi connectivity index (χ0n) is 21.6. The number of hydrogen-bond acceptors (Lipinski definition) is 6. The highest BCUT2D eigenvalue weighted by Gasteiger charge is 2.27. The highest BCUT2D eigenvalue weighted by molar-refractivity contribution is 5.93. The number of hydrogen-bond donors (Lipinski definition) is 1. The molecule has 2 aliphatic heterocycles. The Morgan fingerprint density at radius 3 is 2.66 bits per heavy atom. The van der Waals surface area contributed by atoms with Crippen LogP contribution in [0, 0.1) is 0 Å². The third-order valence-electron chi connectivity index (χ3n) is 6.79. The molecule has 1 saturated heterocycles. The fourth-order valence-corrected chi connectivity index (χ4v) is 4.74. The first-order valence-electron chi connectivity index (χ1n) is 13.0. The predicted molar refractivity (Wildman–Crippen MR) is 141 cm³/mol. The number of furan rings is 1. The van der Waals surface area contributed by atoms with E-state index in [0.717, 1.165) is 36.1 Å². The standard InChI is InChI=1S/C29H33N3O6/c1-2-22-7-3-4-10-25(22)30-29(34)32(18-24-9-6-14-36-24)19-28(33)31(17-23-8-5-13-35-23)16-21-11-12-26-27(15-21)38-20-37-26/h3-5,7-8,10-13,15,24H,2,6,9,14,16-20H2,1H3,(H,30,34). The summed E-state index contributed by atoms with van der Waals surface area (Å²) in [6, 6.07) is 16.6. The van der Waals surface area contributed by atoms with Crippen LogP contribution in [0.25, 0.3) is 0 Å². The van der Waals surface area contributed by atoms with Crippen molar-refractivity contribution >= 4 is 17.6 Å². The van der Waals surface area contributed by atoms with E-state index in [4.69, 9.17) is 18.6 Å². The normalized spacial score (nSPS) is 15.9. The number of nitrogens with one attached hydrogen (secondary N) is 1. The Hall–Kier alpha value is -3.98. The lowest BCUT2D eigenvalue weighted by Gasteiger charge is -2.29. The van der Waals surface area contributed by atoms with Crippen molar-refractivity contribution in [3.8, 4) is 11.5 Å². The van der Waals surface area contributed by atoms with Gasteiger partial charge in [0.15, 0.2) is 11.5 Å². The highest BCUT2D eigenvalue weighted by Crippen LogP contribution is 2.33. The summed E-state index contributed by atoms with van der Waals surface area (Å²) in [5.74, 6) is 1.80.